The Morgan fingerprint density at radius 1 is 1.12 bits per heavy atom. The lowest BCUT2D eigenvalue weighted by Crippen LogP contribution is -2.52. The van der Waals surface area contributed by atoms with Crippen LogP contribution in [0.2, 0.25) is 0 Å². The Morgan fingerprint density at radius 2 is 1.84 bits per heavy atom. The van der Waals surface area contributed by atoms with Crippen LogP contribution < -0.4 is 4.90 Å². The van der Waals surface area contributed by atoms with E-state index in [9.17, 15) is 22.8 Å². The molecule has 0 saturated carbocycles. The number of urea groups is 1. The van der Waals surface area contributed by atoms with Crippen LogP contribution in [0.15, 0.2) is 18.3 Å². The summed E-state index contributed by atoms with van der Waals surface area (Å²) >= 11 is 0. The molecule has 1 spiro atoms. The van der Waals surface area contributed by atoms with Crippen molar-refractivity contribution >= 4 is 17.8 Å². The number of carbonyl (C=O) groups is 2. The first-order chi connectivity index (χ1) is 15.1. The summed E-state index contributed by atoms with van der Waals surface area (Å²) in [5.74, 6) is 0.630. The summed E-state index contributed by atoms with van der Waals surface area (Å²) in [6, 6.07) is 2.58. The Morgan fingerprint density at radius 3 is 2.44 bits per heavy atom. The smallest absolute Gasteiger partial charge is 0.356 e. The number of halogens is 3. The van der Waals surface area contributed by atoms with Crippen LogP contribution in [-0.4, -0.2) is 84.5 Å². The normalized spacial score (nSPS) is 25.0. The van der Waals surface area contributed by atoms with Crippen molar-refractivity contribution in [2.75, 3.05) is 51.7 Å². The van der Waals surface area contributed by atoms with Crippen LogP contribution >= 0.6 is 0 Å². The quantitative estimate of drug-likeness (QED) is 0.691. The van der Waals surface area contributed by atoms with Crippen molar-refractivity contribution in [2.24, 2.45) is 5.41 Å². The number of hydrogen-bond acceptors (Lipinski definition) is 4. The number of hydrogen-bond donors (Lipinski definition) is 0. The molecule has 0 aliphatic carbocycles. The summed E-state index contributed by atoms with van der Waals surface area (Å²) in [6.07, 6.45) is 0.331. The molecule has 1 aromatic heterocycles. The van der Waals surface area contributed by atoms with E-state index >= 15 is 0 Å². The van der Waals surface area contributed by atoms with Crippen molar-refractivity contribution in [3.63, 3.8) is 0 Å². The molecule has 3 aliphatic rings. The molecule has 3 aliphatic heterocycles. The molecule has 1 unspecified atom stereocenters. The van der Waals surface area contributed by atoms with Gasteiger partial charge in [0.2, 0.25) is 5.91 Å². The van der Waals surface area contributed by atoms with Gasteiger partial charge in [-0.25, -0.2) is 9.78 Å². The number of pyridine rings is 1. The van der Waals surface area contributed by atoms with Gasteiger partial charge in [0.1, 0.15) is 5.82 Å². The van der Waals surface area contributed by atoms with Gasteiger partial charge in [-0.15, -0.1) is 0 Å². The van der Waals surface area contributed by atoms with E-state index in [1.165, 1.54) is 6.07 Å². The van der Waals surface area contributed by atoms with Crippen molar-refractivity contribution in [2.45, 2.75) is 44.3 Å². The highest BCUT2D eigenvalue weighted by molar-refractivity contribution is 5.86. The zero-order valence-electron chi connectivity index (χ0n) is 18.6. The van der Waals surface area contributed by atoms with Gasteiger partial charge in [0, 0.05) is 59.1 Å². The first kappa shape index (κ1) is 22.7. The molecule has 1 aromatic rings. The van der Waals surface area contributed by atoms with E-state index in [1.807, 2.05) is 14.7 Å². The van der Waals surface area contributed by atoms with Crippen LogP contribution in [0, 0.1) is 5.41 Å². The third-order valence-corrected chi connectivity index (χ3v) is 7.08. The molecule has 0 aromatic carbocycles. The number of carbonyl (C=O) groups excluding carboxylic acids is 2. The SMILES string of the molecule is CN(C)C(=O)N1CCC(N2CCC3(CCCN(c4ccc(C(F)(F)F)cn4)C3)C2=O)CC1. The molecule has 4 heterocycles. The molecular weight excluding hydrogens is 423 g/mol. The standard InChI is InChI=1S/C22H30F3N5O2/c1-27(2)20(32)28-11-6-17(7-12-28)30-13-9-21(19(30)31)8-3-10-29(15-21)18-5-4-16(14-26-18)22(23,24)25/h4-5,14,17H,3,6-13,15H2,1-2H3. The molecule has 176 valence electrons. The Hall–Kier alpha value is -2.52. The van der Waals surface area contributed by atoms with E-state index in [1.54, 1.807) is 19.0 Å². The minimum Gasteiger partial charge on any atom is -0.356 e. The fraction of sp³-hybridized carbons (Fsp3) is 0.682. The Balaban J connectivity index is 1.41. The maximum Gasteiger partial charge on any atom is 0.417 e. The van der Waals surface area contributed by atoms with Gasteiger partial charge in [0.15, 0.2) is 0 Å². The monoisotopic (exact) mass is 453 g/mol. The molecule has 10 heteroatoms. The van der Waals surface area contributed by atoms with Crippen molar-refractivity contribution in [1.29, 1.82) is 0 Å². The van der Waals surface area contributed by atoms with Crippen LogP contribution in [0.5, 0.6) is 0 Å². The summed E-state index contributed by atoms with van der Waals surface area (Å²) in [6.45, 7) is 3.14. The maximum absolute atomic E-state index is 13.5. The molecule has 3 amide bonds. The molecule has 7 nitrogen and oxygen atoms in total. The van der Waals surface area contributed by atoms with E-state index in [-0.39, 0.29) is 18.0 Å². The van der Waals surface area contributed by atoms with Crippen LogP contribution in [-0.2, 0) is 11.0 Å². The highest BCUT2D eigenvalue weighted by atomic mass is 19.4. The topological polar surface area (TPSA) is 60.0 Å². The average Bonchev–Trinajstić information content (AvgIpc) is 3.08. The Labute approximate surface area is 186 Å². The van der Waals surface area contributed by atoms with Crippen molar-refractivity contribution in [3.05, 3.63) is 23.9 Å². The van der Waals surface area contributed by atoms with Gasteiger partial charge in [-0.05, 0) is 44.2 Å². The summed E-state index contributed by atoms with van der Waals surface area (Å²) in [5, 5.41) is 0. The predicted octanol–water partition coefficient (Wildman–Crippen LogP) is 3.07. The fourth-order valence-electron chi connectivity index (χ4n) is 5.29. The van der Waals surface area contributed by atoms with Gasteiger partial charge in [0.25, 0.3) is 0 Å². The summed E-state index contributed by atoms with van der Waals surface area (Å²) < 4.78 is 38.6. The lowest BCUT2D eigenvalue weighted by atomic mass is 9.78. The maximum atomic E-state index is 13.5. The zero-order valence-corrected chi connectivity index (χ0v) is 18.6. The molecule has 1 atom stereocenters. The van der Waals surface area contributed by atoms with Gasteiger partial charge in [-0.1, -0.05) is 0 Å². The van der Waals surface area contributed by atoms with Crippen LogP contribution in [0.4, 0.5) is 23.8 Å². The summed E-state index contributed by atoms with van der Waals surface area (Å²) in [4.78, 5) is 37.1. The molecule has 4 rings (SSSR count). The lowest BCUT2D eigenvalue weighted by molar-refractivity contribution is -0.139. The highest BCUT2D eigenvalue weighted by Gasteiger charge is 2.51. The van der Waals surface area contributed by atoms with Gasteiger partial charge < -0.3 is 19.6 Å². The molecule has 0 N–H and O–H groups in total. The molecular formula is C22H30F3N5O2. The van der Waals surface area contributed by atoms with E-state index in [0.717, 1.165) is 44.4 Å². The van der Waals surface area contributed by atoms with E-state index in [2.05, 4.69) is 4.98 Å². The fourth-order valence-corrected chi connectivity index (χ4v) is 5.29. The van der Waals surface area contributed by atoms with Crippen molar-refractivity contribution < 1.29 is 22.8 Å². The van der Waals surface area contributed by atoms with E-state index < -0.39 is 17.2 Å². The number of piperidine rings is 2. The number of rotatable bonds is 2. The van der Waals surface area contributed by atoms with Gasteiger partial charge >= 0.3 is 12.2 Å². The van der Waals surface area contributed by atoms with Gasteiger partial charge in [-0.3, -0.25) is 4.79 Å². The molecule has 0 radical (unpaired) electrons. The van der Waals surface area contributed by atoms with Crippen LogP contribution in [0.25, 0.3) is 0 Å². The second kappa shape index (κ2) is 8.44. The number of amides is 3. The molecule has 3 fully saturated rings. The van der Waals surface area contributed by atoms with Crippen LogP contribution in [0.1, 0.15) is 37.7 Å². The number of likely N-dealkylation sites (tertiary alicyclic amines) is 2. The summed E-state index contributed by atoms with van der Waals surface area (Å²) in [5.41, 5.74) is -1.27. The van der Waals surface area contributed by atoms with E-state index in [0.29, 0.717) is 38.5 Å². The van der Waals surface area contributed by atoms with Gasteiger partial charge in [-0.2, -0.15) is 13.2 Å². The average molecular weight is 454 g/mol. The first-order valence-corrected chi connectivity index (χ1v) is 11.2. The van der Waals surface area contributed by atoms with Gasteiger partial charge in [0.05, 0.1) is 11.0 Å². The number of aromatic nitrogens is 1. The number of anilines is 1. The third-order valence-electron chi connectivity index (χ3n) is 7.08. The highest BCUT2D eigenvalue weighted by Crippen LogP contribution is 2.43. The Bertz CT molecular complexity index is 852. The number of alkyl halides is 3. The second-order valence-corrected chi connectivity index (χ2v) is 9.35. The molecule has 0 bridgehead atoms. The van der Waals surface area contributed by atoms with Crippen molar-refractivity contribution in [1.82, 2.24) is 19.7 Å². The largest absolute Gasteiger partial charge is 0.417 e. The van der Waals surface area contributed by atoms with Crippen LogP contribution in [0.3, 0.4) is 0 Å². The minimum absolute atomic E-state index is 0.000340. The minimum atomic E-state index is -4.41. The van der Waals surface area contributed by atoms with Crippen molar-refractivity contribution in [3.8, 4) is 0 Å². The zero-order chi connectivity index (χ0) is 23.1. The third kappa shape index (κ3) is 4.23. The summed E-state index contributed by atoms with van der Waals surface area (Å²) in [7, 11) is 3.48. The van der Waals surface area contributed by atoms with E-state index in [4.69, 9.17) is 0 Å². The molecule has 32 heavy (non-hydrogen) atoms. The number of nitrogens with zero attached hydrogens (tertiary/aromatic N) is 5. The molecule has 3 saturated heterocycles. The first-order valence-electron chi connectivity index (χ1n) is 11.2. The lowest BCUT2D eigenvalue weighted by Gasteiger charge is -2.41. The predicted molar refractivity (Wildman–Crippen MR) is 113 cm³/mol. The second-order valence-electron chi connectivity index (χ2n) is 9.35. The Kier molecular flexibility index (Phi) is 5.98.